The molecule has 204 valence electrons. The van der Waals surface area contributed by atoms with Crippen LogP contribution in [0, 0.1) is 10.1 Å². The van der Waals surface area contributed by atoms with Crippen LogP contribution in [-0.4, -0.2) is 56.4 Å². The van der Waals surface area contributed by atoms with Crippen LogP contribution < -0.4 is 4.90 Å². The number of para-hydroxylation sites is 1. The van der Waals surface area contributed by atoms with Crippen molar-refractivity contribution in [1.29, 1.82) is 0 Å². The summed E-state index contributed by atoms with van der Waals surface area (Å²) in [6.45, 7) is 2.20. The Hall–Kier alpha value is -5.02. The number of nitro groups is 1. The molecule has 1 aliphatic heterocycles. The van der Waals surface area contributed by atoms with E-state index < -0.39 is 4.92 Å². The fourth-order valence-electron chi connectivity index (χ4n) is 5.11. The van der Waals surface area contributed by atoms with Gasteiger partial charge in [-0.2, -0.15) is 0 Å². The Morgan fingerprint density at radius 3 is 2.44 bits per heavy atom. The van der Waals surface area contributed by atoms with Crippen molar-refractivity contribution in [1.82, 2.24) is 19.4 Å². The lowest BCUT2D eigenvalue weighted by atomic mass is 10.1. The van der Waals surface area contributed by atoms with E-state index in [9.17, 15) is 14.9 Å². The Morgan fingerprint density at radius 2 is 1.68 bits per heavy atom. The Kier molecular flexibility index (Phi) is 7.18. The van der Waals surface area contributed by atoms with Gasteiger partial charge in [-0.1, -0.05) is 66.2 Å². The summed E-state index contributed by atoms with van der Waals surface area (Å²) in [6, 6.07) is 24.0. The van der Waals surface area contributed by atoms with E-state index in [0.717, 1.165) is 33.7 Å². The van der Waals surface area contributed by atoms with Gasteiger partial charge in [0.15, 0.2) is 5.65 Å². The lowest BCUT2D eigenvalue weighted by molar-refractivity contribution is -0.384. The van der Waals surface area contributed by atoms with Crippen LogP contribution in [0.3, 0.4) is 0 Å². The zero-order valence-electron chi connectivity index (χ0n) is 21.9. The summed E-state index contributed by atoms with van der Waals surface area (Å²) in [4.78, 5) is 36.8. The maximum absolute atomic E-state index is 12.9. The molecule has 0 saturated carbocycles. The highest BCUT2D eigenvalue weighted by Crippen LogP contribution is 2.38. The average Bonchev–Trinajstić information content (AvgIpc) is 3.40. The van der Waals surface area contributed by atoms with Crippen molar-refractivity contribution in [2.45, 2.75) is 0 Å². The van der Waals surface area contributed by atoms with Crippen molar-refractivity contribution in [3.05, 3.63) is 118 Å². The van der Waals surface area contributed by atoms with Gasteiger partial charge in [0.25, 0.3) is 5.69 Å². The zero-order valence-corrected chi connectivity index (χ0v) is 22.7. The van der Waals surface area contributed by atoms with Crippen molar-refractivity contribution in [2.24, 2.45) is 0 Å². The van der Waals surface area contributed by atoms with Crippen LogP contribution in [0.25, 0.3) is 33.9 Å². The number of nitrogens with zero attached hydrogens (tertiary/aromatic N) is 6. The molecule has 0 unspecified atom stereocenters. The molecule has 1 fully saturated rings. The maximum atomic E-state index is 12.9. The normalized spacial score (nSPS) is 13.7. The Bertz CT molecular complexity index is 1780. The molecule has 9 nitrogen and oxygen atoms in total. The lowest BCUT2D eigenvalue weighted by Gasteiger charge is -2.35. The molecule has 10 heteroatoms. The number of carbonyl (C=O) groups is 1. The second-order valence-electron chi connectivity index (χ2n) is 9.62. The van der Waals surface area contributed by atoms with E-state index in [4.69, 9.17) is 16.6 Å². The minimum Gasteiger partial charge on any atom is -0.352 e. The number of benzene rings is 3. The van der Waals surface area contributed by atoms with Crippen molar-refractivity contribution in [3.8, 4) is 16.8 Å². The first-order valence-corrected chi connectivity index (χ1v) is 13.5. The molecule has 3 heterocycles. The lowest BCUT2D eigenvalue weighted by Crippen LogP contribution is -2.48. The van der Waals surface area contributed by atoms with Crippen molar-refractivity contribution >= 4 is 46.1 Å². The van der Waals surface area contributed by atoms with Crippen LogP contribution in [-0.2, 0) is 4.79 Å². The standard InChI is InChI=1S/C31H25ClN6O3/c32-26-11-4-5-12-27(26)37-20-25(23-8-2-1-3-9-23)29-30(33-21-34-31(29)37)36-17-15-35(16-18-36)28(39)14-13-22-7-6-10-24(19-22)38(40)41/h1-14,19-21H,15-18H2/b14-13+. The third-order valence-electron chi connectivity index (χ3n) is 7.15. The molecule has 5 aromatic rings. The van der Waals surface area contributed by atoms with Crippen LogP contribution in [0.1, 0.15) is 5.56 Å². The number of fused-ring (bicyclic) bond motifs is 1. The van der Waals surface area contributed by atoms with E-state index in [1.165, 1.54) is 18.2 Å². The molecule has 1 aliphatic rings. The molecule has 0 N–H and O–H groups in total. The Balaban J connectivity index is 1.28. The van der Waals surface area contributed by atoms with Gasteiger partial charge < -0.3 is 9.80 Å². The van der Waals surface area contributed by atoms with E-state index in [1.807, 2.05) is 47.0 Å². The summed E-state index contributed by atoms with van der Waals surface area (Å²) in [5.74, 6) is 0.665. The minimum absolute atomic E-state index is 0.0115. The molecule has 0 atom stereocenters. The summed E-state index contributed by atoms with van der Waals surface area (Å²) in [7, 11) is 0. The number of hydrogen-bond acceptors (Lipinski definition) is 6. The van der Waals surface area contributed by atoms with Gasteiger partial charge in [0.05, 0.1) is 21.0 Å². The predicted octanol–water partition coefficient (Wildman–Crippen LogP) is 6.01. The minimum atomic E-state index is -0.450. The number of piperazine rings is 1. The molecule has 0 bridgehead atoms. The Labute approximate surface area is 241 Å². The SMILES string of the molecule is O=C(/C=C/c1cccc([N+](=O)[O-])c1)N1CCN(c2ncnc3c2c(-c2ccccc2)cn3-c2ccccc2Cl)CC1. The first-order chi connectivity index (χ1) is 20.0. The number of amides is 1. The third kappa shape index (κ3) is 5.27. The van der Waals surface area contributed by atoms with Crippen molar-refractivity contribution < 1.29 is 9.72 Å². The fourth-order valence-corrected chi connectivity index (χ4v) is 5.33. The molecule has 1 saturated heterocycles. The van der Waals surface area contributed by atoms with Gasteiger partial charge in [0, 0.05) is 56.1 Å². The van der Waals surface area contributed by atoms with Crippen LogP contribution in [0.2, 0.25) is 5.02 Å². The van der Waals surface area contributed by atoms with Gasteiger partial charge in [-0.05, 0) is 29.3 Å². The fraction of sp³-hybridized carbons (Fsp3) is 0.129. The second-order valence-corrected chi connectivity index (χ2v) is 10.0. The summed E-state index contributed by atoms with van der Waals surface area (Å²) < 4.78 is 2.00. The van der Waals surface area contributed by atoms with Crippen LogP contribution in [0.5, 0.6) is 0 Å². The monoisotopic (exact) mass is 564 g/mol. The summed E-state index contributed by atoms with van der Waals surface area (Å²) in [5.41, 5.74) is 4.21. The number of carbonyl (C=O) groups excluding carboxylic acids is 1. The number of rotatable bonds is 6. The van der Waals surface area contributed by atoms with E-state index in [1.54, 1.807) is 29.4 Å². The predicted molar refractivity (Wildman–Crippen MR) is 160 cm³/mol. The molecular weight excluding hydrogens is 540 g/mol. The van der Waals surface area contributed by atoms with Gasteiger partial charge in [0.2, 0.25) is 5.91 Å². The van der Waals surface area contributed by atoms with E-state index in [2.05, 4.69) is 28.2 Å². The van der Waals surface area contributed by atoms with Gasteiger partial charge in [-0.3, -0.25) is 19.5 Å². The number of non-ortho nitro benzene ring substituents is 1. The van der Waals surface area contributed by atoms with Gasteiger partial charge in [-0.15, -0.1) is 0 Å². The molecular formula is C31H25ClN6O3. The van der Waals surface area contributed by atoms with Crippen LogP contribution in [0.4, 0.5) is 11.5 Å². The number of nitro benzene ring substituents is 1. The Morgan fingerprint density at radius 1 is 0.927 bits per heavy atom. The van der Waals surface area contributed by atoms with E-state index in [0.29, 0.717) is 36.8 Å². The number of anilines is 1. The maximum Gasteiger partial charge on any atom is 0.270 e. The highest BCUT2D eigenvalue weighted by molar-refractivity contribution is 6.32. The largest absolute Gasteiger partial charge is 0.352 e. The highest BCUT2D eigenvalue weighted by Gasteiger charge is 2.25. The zero-order chi connectivity index (χ0) is 28.3. The molecule has 41 heavy (non-hydrogen) atoms. The first kappa shape index (κ1) is 26.2. The quantitative estimate of drug-likeness (QED) is 0.142. The number of hydrogen-bond donors (Lipinski definition) is 0. The van der Waals surface area contributed by atoms with Crippen LogP contribution in [0.15, 0.2) is 97.5 Å². The number of halogens is 1. The van der Waals surface area contributed by atoms with Gasteiger partial charge >= 0.3 is 0 Å². The molecule has 2 aromatic heterocycles. The highest BCUT2D eigenvalue weighted by atomic mass is 35.5. The van der Waals surface area contributed by atoms with E-state index >= 15 is 0 Å². The van der Waals surface area contributed by atoms with Gasteiger partial charge in [0.1, 0.15) is 12.1 Å². The van der Waals surface area contributed by atoms with Crippen LogP contribution >= 0.6 is 11.6 Å². The third-order valence-corrected chi connectivity index (χ3v) is 7.47. The summed E-state index contributed by atoms with van der Waals surface area (Å²) >= 11 is 6.59. The second kappa shape index (κ2) is 11.2. The first-order valence-electron chi connectivity index (χ1n) is 13.1. The van der Waals surface area contributed by atoms with E-state index in [-0.39, 0.29) is 11.6 Å². The molecule has 3 aromatic carbocycles. The molecule has 1 amide bonds. The summed E-state index contributed by atoms with van der Waals surface area (Å²) in [5, 5.41) is 12.6. The molecule has 6 rings (SSSR count). The van der Waals surface area contributed by atoms with Gasteiger partial charge in [-0.25, -0.2) is 9.97 Å². The smallest absolute Gasteiger partial charge is 0.270 e. The average molecular weight is 565 g/mol. The molecule has 0 aliphatic carbocycles. The van der Waals surface area contributed by atoms with Crippen molar-refractivity contribution in [2.75, 3.05) is 31.1 Å². The topological polar surface area (TPSA) is 97.4 Å². The molecule has 0 spiro atoms. The molecule has 0 radical (unpaired) electrons. The number of aromatic nitrogens is 3. The summed E-state index contributed by atoms with van der Waals surface area (Å²) in [6.07, 6.45) is 6.70. The van der Waals surface area contributed by atoms with Crippen molar-refractivity contribution in [3.63, 3.8) is 0 Å².